The number of rotatable bonds is 6. The summed E-state index contributed by atoms with van der Waals surface area (Å²) >= 11 is 1.35. The van der Waals surface area contributed by atoms with Gasteiger partial charge >= 0.3 is 0 Å². The molecule has 3 aromatic rings. The van der Waals surface area contributed by atoms with Gasteiger partial charge in [0.05, 0.1) is 12.1 Å². The number of hydrogen-bond acceptors (Lipinski definition) is 5. The van der Waals surface area contributed by atoms with E-state index in [1.165, 1.54) is 27.9 Å². The molecule has 0 bridgehead atoms. The molecule has 1 aromatic heterocycles. The molecule has 0 saturated heterocycles. The van der Waals surface area contributed by atoms with Crippen LogP contribution in [-0.4, -0.2) is 38.1 Å². The summed E-state index contributed by atoms with van der Waals surface area (Å²) < 4.78 is 8.15. The van der Waals surface area contributed by atoms with E-state index in [2.05, 4.69) is 40.6 Å². The SMILES string of the molecule is Cc1cc(C)cc(OCCn2cc(/C=C3\C(=N)N4N=C(C(C)C)SC4=NC3=O)c3ccccc32)c1. The molecule has 178 valence electrons. The first kappa shape index (κ1) is 23.1. The van der Waals surface area contributed by atoms with Gasteiger partial charge in [0, 0.05) is 28.6 Å². The van der Waals surface area contributed by atoms with Gasteiger partial charge in [-0.1, -0.05) is 38.1 Å². The Kier molecular flexibility index (Phi) is 6.06. The molecule has 0 aliphatic carbocycles. The molecule has 8 heteroatoms. The summed E-state index contributed by atoms with van der Waals surface area (Å²) in [4.78, 5) is 17.0. The first-order valence-corrected chi connectivity index (χ1v) is 12.4. The normalized spacial score (nSPS) is 16.8. The van der Waals surface area contributed by atoms with Gasteiger partial charge in [0.2, 0.25) is 5.17 Å². The molecule has 3 heterocycles. The third-order valence-electron chi connectivity index (χ3n) is 5.88. The van der Waals surface area contributed by atoms with Gasteiger partial charge in [0.15, 0.2) is 5.84 Å². The number of hydrazone groups is 1. The molecule has 5 rings (SSSR count). The van der Waals surface area contributed by atoms with Gasteiger partial charge in [-0.25, -0.2) is 0 Å². The molecular formula is C27H27N5O2S. The van der Waals surface area contributed by atoms with E-state index in [1.54, 1.807) is 6.08 Å². The lowest BCUT2D eigenvalue weighted by molar-refractivity contribution is -0.114. The minimum absolute atomic E-state index is 0.0538. The summed E-state index contributed by atoms with van der Waals surface area (Å²) in [6, 6.07) is 14.2. The van der Waals surface area contributed by atoms with Crippen LogP contribution in [0.15, 0.2) is 64.3 Å². The van der Waals surface area contributed by atoms with Crippen LogP contribution in [0.25, 0.3) is 17.0 Å². The minimum atomic E-state index is -0.413. The fraction of sp³-hybridized carbons (Fsp3) is 0.259. The predicted octanol–water partition coefficient (Wildman–Crippen LogP) is 5.61. The third kappa shape index (κ3) is 4.53. The molecule has 0 atom stereocenters. The first-order chi connectivity index (χ1) is 16.8. The number of aliphatic imine (C=N–C) groups is 1. The van der Waals surface area contributed by atoms with Gasteiger partial charge in [0.1, 0.15) is 17.4 Å². The van der Waals surface area contributed by atoms with Crippen molar-refractivity contribution < 1.29 is 9.53 Å². The summed E-state index contributed by atoms with van der Waals surface area (Å²) in [6.45, 7) is 9.35. The second-order valence-corrected chi connectivity index (χ2v) is 10.1. The molecule has 2 aliphatic heterocycles. The van der Waals surface area contributed by atoms with Gasteiger partial charge in [-0.3, -0.25) is 10.2 Å². The highest BCUT2D eigenvalue weighted by atomic mass is 32.2. The summed E-state index contributed by atoms with van der Waals surface area (Å²) in [7, 11) is 0. The summed E-state index contributed by atoms with van der Waals surface area (Å²) in [5, 5.41) is 16.9. The zero-order chi connectivity index (χ0) is 24.7. The van der Waals surface area contributed by atoms with Crippen molar-refractivity contribution in [3.05, 3.63) is 70.9 Å². The topological polar surface area (TPSA) is 83.0 Å². The fourth-order valence-electron chi connectivity index (χ4n) is 4.25. The summed E-state index contributed by atoms with van der Waals surface area (Å²) in [6.07, 6.45) is 3.76. The lowest BCUT2D eigenvalue weighted by Gasteiger charge is -2.20. The Morgan fingerprint density at radius 1 is 1.14 bits per heavy atom. The Morgan fingerprint density at radius 2 is 1.89 bits per heavy atom. The Bertz CT molecular complexity index is 1430. The number of thioether (sulfide) groups is 1. The average Bonchev–Trinajstić information content (AvgIpc) is 3.38. The molecule has 0 unspecified atom stereocenters. The van der Waals surface area contributed by atoms with Crippen molar-refractivity contribution in [3.8, 4) is 5.75 Å². The van der Waals surface area contributed by atoms with E-state index < -0.39 is 5.91 Å². The van der Waals surface area contributed by atoms with Crippen molar-refractivity contribution in [2.24, 2.45) is 16.0 Å². The van der Waals surface area contributed by atoms with E-state index in [4.69, 9.17) is 10.1 Å². The Labute approximate surface area is 208 Å². The molecule has 2 aliphatic rings. The molecule has 2 aromatic carbocycles. The number of fused-ring (bicyclic) bond motifs is 2. The van der Waals surface area contributed by atoms with Crippen molar-refractivity contribution in [2.75, 3.05) is 6.61 Å². The maximum absolute atomic E-state index is 12.8. The van der Waals surface area contributed by atoms with Gasteiger partial charge in [-0.05, 0) is 61.0 Å². The van der Waals surface area contributed by atoms with Crippen molar-refractivity contribution in [1.82, 2.24) is 9.58 Å². The van der Waals surface area contributed by atoms with Gasteiger partial charge in [-0.15, -0.1) is 0 Å². The number of nitrogens with zero attached hydrogens (tertiary/aromatic N) is 4. The highest BCUT2D eigenvalue weighted by molar-refractivity contribution is 8.27. The van der Waals surface area contributed by atoms with Crippen molar-refractivity contribution in [1.29, 1.82) is 5.41 Å². The van der Waals surface area contributed by atoms with Crippen LogP contribution in [0, 0.1) is 25.2 Å². The number of ether oxygens (including phenoxy) is 1. The van der Waals surface area contributed by atoms with E-state index in [0.717, 1.165) is 27.3 Å². The average molecular weight is 486 g/mol. The molecule has 35 heavy (non-hydrogen) atoms. The van der Waals surface area contributed by atoms with Gasteiger partial charge in [-0.2, -0.15) is 15.1 Å². The van der Waals surface area contributed by atoms with E-state index in [9.17, 15) is 4.79 Å². The van der Waals surface area contributed by atoms with E-state index in [0.29, 0.717) is 18.3 Å². The number of aromatic nitrogens is 1. The van der Waals surface area contributed by atoms with Crippen LogP contribution in [0.1, 0.15) is 30.5 Å². The number of carbonyl (C=O) groups is 1. The molecular weight excluding hydrogens is 458 g/mol. The monoisotopic (exact) mass is 485 g/mol. The zero-order valence-electron chi connectivity index (χ0n) is 20.2. The number of para-hydroxylation sites is 1. The predicted molar refractivity (Wildman–Crippen MR) is 143 cm³/mol. The third-order valence-corrected chi connectivity index (χ3v) is 7.09. The Balaban J connectivity index is 1.42. The summed E-state index contributed by atoms with van der Waals surface area (Å²) in [5.74, 6) is 0.704. The highest BCUT2D eigenvalue weighted by Crippen LogP contribution is 2.32. The van der Waals surface area contributed by atoms with Gasteiger partial charge < -0.3 is 9.30 Å². The molecule has 0 saturated carbocycles. The molecule has 7 nitrogen and oxygen atoms in total. The second-order valence-electron chi connectivity index (χ2n) is 9.08. The Hall–Kier alpha value is -3.65. The molecule has 0 radical (unpaired) electrons. The van der Waals surface area contributed by atoms with Crippen LogP contribution in [-0.2, 0) is 11.3 Å². The zero-order valence-corrected chi connectivity index (χ0v) is 21.0. The largest absolute Gasteiger partial charge is 0.492 e. The lowest BCUT2D eigenvalue weighted by atomic mass is 10.1. The van der Waals surface area contributed by atoms with E-state index >= 15 is 0 Å². The van der Waals surface area contributed by atoms with Crippen LogP contribution in [0.2, 0.25) is 0 Å². The first-order valence-electron chi connectivity index (χ1n) is 11.6. The standard InChI is InChI=1S/C27H27N5O2S/c1-16(2)26-30-32-24(28)22(25(33)29-27(32)35-26)14-19-15-31(23-8-6-5-7-21(19)23)9-10-34-20-12-17(3)11-18(4)13-20/h5-8,11-16,28H,9-10H2,1-4H3/b22-14+,28-24?. The van der Waals surface area contributed by atoms with E-state index in [-0.39, 0.29) is 17.3 Å². The fourth-order valence-corrected chi connectivity index (χ4v) is 5.14. The number of carbonyl (C=O) groups excluding carboxylic acids is 1. The van der Waals surface area contributed by atoms with Crippen LogP contribution >= 0.6 is 11.8 Å². The number of nitrogens with one attached hydrogen (secondary N) is 1. The maximum atomic E-state index is 12.8. The quantitative estimate of drug-likeness (QED) is 0.460. The molecule has 1 N–H and O–H groups in total. The van der Waals surface area contributed by atoms with Crippen molar-refractivity contribution in [3.63, 3.8) is 0 Å². The smallest absolute Gasteiger partial charge is 0.283 e. The molecule has 1 amide bonds. The van der Waals surface area contributed by atoms with Gasteiger partial charge in [0.25, 0.3) is 5.91 Å². The Morgan fingerprint density at radius 3 is 2.63 bits per heavy atom. The van der Waals surface area contributed by atoms with E-state index in [1.807, 2.05) is 50.4 Å². The van der Waals surface area contributed by atoms with Crippen LogP contribution in [0.4, 0.5) is 0 Å². The maximum Gasteiger partial charge on any atom is 0.283 e. The van der Waals surface area contributed by atoms with Crippen molar-refractivity contribution in [2.45, 2.75) is 34.2 Å². The molecule has 0 spiro atoms. The number of benzene rings is 2. The number of hydrogen-bond donors (Lipinski definition) is 1. The van der Waals surface area contributed by atoms with Crippen molar-refractivity contribution >= 4 is 50.7 Å². The van der Waals surface area contributed by atoms with Crippen LogP contribution in [0.5, 0.6) is 5.75 Å². The minimum Gasteiger partial charge on any atom is -0.492 e. The van der Waals surface area contributed by atoms with Crippen LogP contribution < -0.4 is 4.74 Å². The summed E-state index contributed by atoms with van der Waals surface area (Å²) in [5.41, 5.74) is 4.48. The number of amides is 1. The number of amidine groups is 2. The highest BCUT2D eigenvalue weighted by Gasteiger charge is 2.36. The van der Waals surface area contributed by atoms with Crippen LogP contribution in [0.3, 0.4) is 0 Å². The lowest BCUT2D eigenvalue weighted by Crippen LogP contribution is -2.35. The molecule has 0 fully saturated rings. The number of aryl methyl sites for hydroxylation is 2. The second kappa shape index (κ2) is 9.19.